The number of urea groups is 1. The van der Waals surface area contributed by atoms with Crippen molar-refractivity contribution in [1.29, 1.82) is 0 Å². The molecule has 1 aliphatic carbocycles. The molecule has 2 aromatic heterocycles. The molecule has 0 bridgehead atoms. The minimum absolute atomic E-state index is 0.0113. The molecule has 0 radical (unpaired) electrons. The van der Waals surface area contributed by atoms with Gasteiger partial charge in [0.2, 0.25) is 0 Å². The van der Waals surface area contributed by atoms with Gasteiger partial charge in [-0.15, -0.1) is 0 Å². The third-order valence-corrected chi connectivity index (χ3v) is 10.5. The van der Waals surface area contributed by atoms with E-state index in [4.69, 9.17) is 4.74 Å². The molecule has 50 heavy (non-hydrogen) atoms. The van der Waals surface area contributed by atoms with E-state index in [9.17, 15) is 14.4 Å². The molecule has 3 heterocycles. The van der Waals surface area contributed by atoms with Gasteiger partial charge in [0, 0.05) is 71.5 Å². The highest BCUT2D eigenvalue weighted by Crippen LogP contribution is 2.40. The van der Waals surface area contributed by atoms with Gasteiger partial charge < -0.3 is 13.9 Å². The van der Waals surface area contributed by atoms with Crippen LogP contribution in [0, 0.1) is 0 Å². The summed E-state index contributed by atoms with van der Waals surface area (Å²) in [5, 5.41) is 9.11. The normalized spacial score (nSPS) is 19.1. The van der Waals surface area contributed by atoms with E-state index in [0.717, 1.165) is 53.5 Å². The second-order valence-corrected chi connectivity index (χ2v) is 13.3. The number of imide groups is 2. The number of hydrogen-bond acceptors (Lipinski definition) is 4. The SMILES string of the molecule is COCC(C)N1C(=O)C(=C2/C(=C/C=c3/c4cccc5cccc(c54)n3C)CC/C2=C\C=c2\c3cccc4cccc(c43)n2C)C(=O)N(C)C1=O. The summed E-state index contributed by atoms with van der Waals surface area (Å²) in [6.07, 6.45) is 9.54. The van der Waals surface area contributed by atoms with E-state index in [1.54, 1.807) is 6.92 Å². The topological polar surface area (TPSA) is 76.8 Å². The van der Waals surface area contributed by atoms with E-state index in [0.29, 0.717) is 18.4 Å². The zero-order chi connectivity index (χ0) is 34.8. The van der Waals surface area contributed by atoms with Crippen LogP contribution in [0.25, 0.3) is 55.5 Å². The predicted octanol–water partition coefficient (Wildman–Crippen LogP) is 6.07. The Hall–Kier alpha value is -5.73. The van der Waals surface area contributed by atoms with Gasteiger partial charge in [0.25, 0.3) is 11.8 Å². The molecule has 2 aliphatic rings. The highest BCUT2D eigenvalue weighted by Gasteiger charge is 2.45. The molecule has 4 aromatic carbocycles. The van der Waals surface area contributed by atoms with Gasteiger partial charge in [-0.2, -0.15) is 0 Å². The number of benzene rings is 4. The van der Waals surface area contributed by atoms with Gasteiger partial charge in [-0.25, -0.2) is 4.79 Å². The molecular weight excluding hydrogens is 624 g/mol. The summed E-state index contributed by atoms with van der Waals surface area (Å²) in [6.45, 7) is 1.91. The Morgan fingerprint density at radius 2 is 1.14 bits per heavy atom. The molecule has 0 spiro atoms. The zero-order valence-electron chi connectivity index (χ0n) is 28.9. The minimum Gasteiger partial charge on any atom is -0.383 e. The van der Waals surface area contributed by atoms with Crippen molar-refractivity contribution in [3.63, 3.8) is 0 Å². The van der Waals surface area contributed by atoms with Gasteiger partial charge in [0.1, 0.15) is 5.57 Å². The van der Waals surface area contributed by atoms with Crippen LogP contribution in [0.2, 0.25) is 0 Å². The van der Waals surface area contributed by atoms with Crippen molar-refractivity contribution in [1.82, 2.24) is 18.9 Å². The van der Waals surface area contributed by atoms with Crippen LogP contribution in [0.1, 0.15) is 19.8 Å². The Labute approximate surface area is 289 Å². The van der Waals surface area contributed by atoms with E-state index in [-0.39, 0.29) is 12.2 Å². The van der Waals surface area contributed by atoms with Crippen molar-refractivity contribution in [2.24, 2.45) is 14.1 Å². The number of carbonyl (C=O) groups excluding carboxylic acids is 3. The summed E-state index contributed by atoms with van der Waals surface area (Å²) < 4.78 is 9.69. The summed E-state index contributed by atoms with van der Waals surface area (Å²) in [5.74, 6) is -1.19. The van der Waals surface area contributed by atoms with Gasteiger partial charge in [-0.3, -0.25) is 19.4 Å². The standard InChI is InChI=1S/C42H38N4O4/c1-25(24-50-5)46-41(48)39(40(47)45(4)42(46)49)36-28(20-22-32-30-14-6-10-26-12-8-16-34(37(26)30)43(32)2)18-19-29(36)21-23-33-31-15-7-11-27-13-9-17-35(38(27)31)44(33)3/h6-17,20-23,25H,18-19,24H2,1-5H3/b28-20+,29-21+,32-22-,33-23-. The van der Waals surface area contributed by atoms with E-state index in [1.807, 2.05) is 12.2 Å². The summed E-state index contributed by atoms with van der Waals surface area (Å²) in [4.78, 5) is 43.8. The van der Waals surface area contributed by atoms with Crippen LogP contribution >= 0.6 is 0 Å². The first-order valence-electron chi connectivity index (χ1n) is 16.9. The number of likely N-dealkylation sites (N-methyl/N-ethyl adjacent to an activating group) is 1. The largest absolute Gasteiger partial charge is 0.383 e. The number of barbiturate groups is 1. The number of aryl methyl sites for hydroxylation is 2. The van der Waals surface area contributed by atoms with Crippen molar-refractivity contribution in [3.8, 4) is 0 Å². The quantitative estimate of drug-likeness (QED) is 0.166. The van der Waals surface area contributed by atoms with Crippen molar-refractivity contribution >= 4 is 73.3 Å². The van der Waals surface area contributed by atoms with E-state index < -0.39 is 23.9 Å². The van der Waals surface area contributed by atoms with Crippen LogP contribution in [0.15, 0.2) is 107 Å². The first-order valence-corrected chi connectivity index (χ1v) is 16.9. The van der Waals surface area contributed by atoms with Crippen LogP contribution in [-0.4, -0.2) is 63.6 Å². The second-order valence-electron chi connectivity index (χ2n) is 13.3. The lowest BCUT2D eigenvalue weighted by Crippen LogP contribution is -2.58. The number of amides is 4. The van der Waals surface area contributed by atoms with Crippen molar-refractivity contribution in [2.75, 3.05) is 20.8 Å². The summed E-state index contributed by atoms with van der Waals surface area (Å²) in [5.41, 5.74) is 4.63. The zero-order valence-corrected chi connectivity index (χ0v) is 28.9. The fraction of sp³-hybridized carbons (Fsp3) is 0.214. The van der Waals surface area contributed by atoms with Crippen molar-refractivity contribution in [2.45, 2.75) is 25.8 Å². The molecule has 0 N–H and O–H groups in total. The maximum Gasteiger partial charge on any atom is 0.334 e. The Bertz CT molecular complexity index is 2480. The van der Waals surface area contributed by atoms with Crippen LogP contribution in [-0.2, 0) is 28.4 Å². The van der Waals surface area contributed by atoms with Gasteiger partial charge in [-0.05, 0) is 71.5 Å². The highest BCUT2D eigenvalue weighted by atomic mass is 16.5. The van der Waals surface area contributed by atoms with E-state index in [1.165, 1.54) is 35.7 Å². The third-order valence-electron chi connectivity index (χ3n) is 10.5. The Morgan fingerprint density at radius 1 is 0.660 bits per heavy atom. The first-order chi connectivity index (χ1) is 24.2. The van der Waals surface area contributed by atoms with Crippen LogP contribution < -0.4 is 10.7 Å². The van der Waals surface area contributed by atoms with Crippen molar-refractivity contribution in [3.05, 3.63) is 118 Å². The smallest absolute Gasteiger partial charge is 0.334 e. The summed E-state index contributed by atoms with van der Waals surface area (Å²) in [6, 6.07) is 24.1. The Morgan fingerprint density at radius 3 is 1.62 bits per heavy atom. The van der Waals surface area contributed by atoms with Gasteiger partial charge in [-0.1, -0.05) is 72.8 Å². The fourth-order valence-corrected chi connectivity index (χ4v) is 8.02. The molecule has 1 saturated heterocycles. The predicted molar refractivity (Wildman–Crippen MR) is 199 cm³/mol. The molecule has 1 atom stereocenters. The van der Waals surface area contributed by atoms with E-state index >= 15 is 0 Å². The summed E-state index contributed by atoms with van der Waals surface area (Å²) >= 11 is 0. The lowest BCUT2D eigenvalue weighted by molar-refractivity contribution is -0.137. The van der Waals surface area contributed by atoms with Gasteiger partial charge in [0.05, 0.1) is 12.6 Å². The number of allylic oxidation sites excluding steroid dienone is 5. The average molecular weight is 663 g/mol. The molecule has 6 aromatic rings. The number of aromatic nitrogens is 2. The summed E-state index contributed by atoms with van der Waals surface area (Å²) in [7, 11) is 7.09. The Kier molecular flexibility index (Phi) is 7.57. The lowest BCUT2D eigenvalue weighted by atomic mass is 9.94. The number of methoxy groups -OCH3 is 1. The molecule has 1 aliphatic heterocycles. The molecule has 1 unspecified atom stereocenters. The molecule has 8 heteroatoms. The number of rotatable bonds is 5. The maximum atomic E-state index is 14.3. The van der Waals surface area contributed by atoms with Crippen molar-refractivity contribution < 1.29 is 19.1 Å². The molecule has 8 nitrogen and oxygen atoms in total. The third kappa shape index (κ3) is 4.66. The van der Waals surface area contributed by atoms with Gasteiger partial charge in [0.15, 0.2) is 0 Å². The first kappa shape index (κ1) is 31.5. The number of carbonyl (C=O) groups is 3. The molecule has 1 saturated carbocycles. The highest BCUT2D eigenvalue weighted by molar-refractivity contribution is 6.30. The number of nitrogens with zero attached hydrogens (tertiary/aromatic N) is 4. The maximum absolute atomic E-state index is 14.3. The van der Waals surface area contributed by atoms with Gasteiger partial charge >= 0.3 is 6.03 Å². The van der Waals surface area contributed by atoms with Crippen LogP contribution in [0.4, 0.5) is 4.79 Å². The number of hydrogen-bond donors (Lipinski definition) is 0. The molecule has 4 amide bonds. The lowest BCUT2D eigenvalue weighted by Gasteiger charge is -2.36. The van der Waals surface area contributed by atoms with Crippen LogP contribution in [0.5, 0.6) is 0 Å². The second kappa shape index (κ2) is 12.0. The monoisotopic (exact) mass is 662 g/mol. The average Bonchev–Trinajstić information content (AvgIpc) is 3.73. The molecule has 8 rings (SSSR count). The molecular formula is C42H38N4O4. The Balaban J connectivity index is 1.36. The fourth-order valence-electron chi connectivity index (χ4n) is 8.02. The molecule has 2 fully saturated rings. The molecule has 250 valence electrons. The van der Waals surface area contributed by atoms with Crippen LogP contribution in [0.3, 0.4) is 0 Å². The van der Waals surface area contributed by atoms with E-state index in [2.05, 4.69) is 108 Å². The minimum atomic E-state index is -0.649. The number of ether oxygens (including phenoxy) is 1.